The van der Waals surface area contributed by atoms with E-state index in [4.69, 9.17) is 4.74 Å². The molecular weight excluding hydrogens is 352 g/mol. The number of ether oxygens (including phenoxy) is 1. The smallest absolute Gasteiger partial charge is 0.311 e. The number of nitro groups is 1. The van der Waals surface area contributed by atoms with E-state index in [-0.39, 0.29) is 18.0 Å². The van der Waals surface area contributed by atoms with Gasteiger partial charge < -0.3 is 10.1 Å². The van der Waals surface area contributed by atoms with Crippen molar-refractivity contribution in [1.82, 2.24) is 9.55 Å². The van der Waals surface area contributed by atoms with Crippen LogP contribution >= 0.6 is 0 Å². The van der Waals surface area contributed by atoms with Gasteiger partial charge in [0.25, 0.3) is 5.56 Å². The van der Waals surface area contributed by atoms with Gasteiger partial charge in [-0.1, -0.05) is 12.1 Å². The standard InChI is InChI=1S/C18H16N4O5/c1-11-7-15(22(25)26)16(27-2)8-13(11)20-17(23)10-21-14-6-4-3-5-12(14)19-9-18(21)24/h3-9H,10H2,1-2H3,(H,20,23). The number of methoxy groups -OCH3 is 1. The third-order valence-corrected chi connectivity index (χ3v) is 4.05. The lowest BCUT2D eigenvalue weighted by molar-refractivity contribution is -0.385. The summed E-state index contributed by atoms with van der Waals surface area (Å²) >= 11 is 0. The van der Waals surface area contributed by atoms with Crippen LogP contribution in [0.1, 0.15) is 5.56 Å². The molecule has 0 aliphatic carbocycles. The number of benzene rings is 2. The van der Waals surface area contributed by atoms with Gasteiger partial charge >= 0.3 is 5.69 Å². The number of para-hydroxylation sites is 2. The highest BCUT2D eigenvalue weighted by Crippen LogP contribution is 2.32. The normalized spacial score (nSPS) is 10.6. The number of nitrogens with zero attached hydrogens (tertiary/aromatic N) is 3. The van der Waals surface area contributed by atoms with E-state index >= 15 is 0 Å². The molecule has 0 saturated heterocycles. The number of anilines is 1. The third kappa shape index (κ3) is 3.61. The molecule has 0 fully saturated rings. The van der Waals surface area contributed by atoms with Crippen LogP contribution in [-0.4, -0.2) is 27.5 Å². The Labute approximate surface area is 153 Å². The maximum absolute atomic E-state index is 12.5. The lowest BCUT2D eigenvalue weighted by Crippen LogP contribution is -2.28. The third-order valence-electron chi connectivity index (χ3n) is 4.05. The molecule has 3 rings (SSSR count). The first-order valence-electron chi connectivity index (χ1n) is 7.98. The molecule has 0 aliphatic heterocycles. The van der Waals surface area contributed by atoms with Crippen LogP contribution in [0.2, 0.25) is 0 Å². The highest BCUT2D eigenvalue weighted by Gasteiger charge is 2.18. The van der Waals surface area contributed by atoms with Gasteiger partial charge in [-0.05, 0) is 24.6 Å². The van der Waals surface area contributed by atoms with Crippen LogP contribution in [0.3, 0.4) is 0 Å². The van der Waals surface area contributed by atoms with Gasteiger partial charge in [0.1, 0.15) is 6.54 Å². The fourth-order valence-corrected chi connectivity index (χ4v) is 2.72. The largest absolute Gasteiger partial charge is 0.490 e. The fraction of sp³-hybridized carbons (Fsp3) is 0.167. The van der Waals surface area contributed by atoms with E-state index in [0.717, 1.165) is 6.20 Å². The summed E-state index contributed by atoms with van der Waals surface area (Å²) in [6.07, 6.45) is 1.16. The Kier molecular flexibility index (Phi) is 4.84. The van der Waals surface area contributed by atoms with Crippen LogP contribution in [0.4, 0.5) is 11.4 Å². The zero-order valence-corrected chi connectivity index (χ0v) is 14.6. The Hall–Kier alpha value is -3.75. The van der Waals surface area contributed by atoms with Crippen molar-refractivity contribution in [3.63, 3.8) is 0 Å². The molecule has 9 nitrogen and oxygen atoms in total. The fourth-order valence-electron chi connectivity index (χ4n) is 2.72. The number of aromatic nitrogens is 2. The number of nitro benzene ring substituents is 1. The van der Waals surface area contributed by atoms with Crippen molar-refractivity contribution < 1.29 is 14.5 Å². The Morgan fingerprint density at radius 3 is 2.78 bits per heavy atom. The molecule has 27 heavy (non-hydrogen) atoms. The minimum absolute atomic E-state index is 0.0347. The molecule has 3 aromatic rings. The van der Waals surface area contributed by atoms with Gasteiger partial charge in [-0.25, -0.2) is 4.98 Å². The lowest BCUT2D eigenvalue weighted by Gasteiger charge is -2.12. The number of carbonyl (C=O) groups is 1. The summed E-state index contributed by atoms with van der Waals surface area (Å²) < 4.78 is 6.34. The Morgan fingerprint density at radius 2 is 2.07 bits per heavy atom. The second kappa shape index (κ2) is 7.24. The van der Waals surface area contributed by atoms with Crippen molar-refractivity contribution in [3.05, 3.63) is 68.6 Å². The molecule has 138 valence electrons. The van der Waals surface area contributed by atoms with Gasteiger partial charge in [0.05, 0.1) is 29.3 Å². The average Bonchev–Trinajstić information content (AvgIpc) is 2.65. The van der Waals surface area contributed by atoms with Crippen molar-refractivity contribution in [2.75, 3.05) is 12.4 Å². The topological polar surface area (TPSA) is 116 Å². The molecule has 2 aromatic carbocycles. The summed E-state index contributed by atoms with van der Waals surface area (Å²) in [5.41, 5.74) is 1.42. The van der Waals surface area contributed by atoms with Gasteiger partial charge in [-0.2, -0.15) is 0 Å². The highest BCUT2D eigenvalue weighted by molar-refractivity contribution is 5.92. The molecule has 1 aromatic heterocycles. The molecule has 0 bridgehead atoms. The number of amides is 1. The Balaban J connectivity index is 1.90. The number of hydrogen-bond acceptors (Lipinski definition) is 6. The monoisotopic (exact) mass is 368 g/mol. The zero-order valence-electron chi connectivity index (χ0n) is 14.6. The number of carbonyl (C=O) groups excluding carboxylic acids is 1. The van der Waals surface area contributed by atoms with Crippen LogP contribution in [0.15, 0.2) is 47.4 Å². The van der Waals surface area contributed by atoms with E-state index in [2.05, 4.69) is 10.3 Å². The first-order chi connectivity index (χ1) is 12.9. The van der Waals surface area contributed by atoms with Crippen LogP contribution in [0, 0.1) is 17.0 Å². The molecule has 0 atom stereocenters. The molecule has 1 heterocycles. The quantitative estimate of drug-likeness (QED) is 0.545. The Morgan fingerprint density at radius 1 is 1.33 bits per heavy atom. The summed E-state index contributed by atoms with van der Waals surface area (Å²) in [7, 11) is 1.31. The van der Waals surface area contributed by atoms with Crippen molar-refractivity contribution in [3.8, 4) is 5.75 Å². The highest BCUT2D eigenvalue weighted by atomic mass is 16.6. The van der Waals surface area contributed by atoms with E-state index in [0.29, 0.717) is 22.3 Å². The van der Waals surface area contributed by atoms with E-state index in [1.165, 1.54) is 23.8 Å². The van der Waals surface area contributed by atoms with Gasteiger partial charge in [0, 0.05) is 17.8 Å². The van der Waals surface area contributed by atoms with Crippen molar-refractivity contribution in [2.45, 2.75) is 13.5 Å². The minimum atomic E-state index is -0.555. The van der Waals surface area contributed by atoms with E-state index in [1.54, 1.807) is 31.2 Å². The van der Waals surface area contributed by atoms with E-state index < -0.39 is 16.4 Å². The van der Waals surface area contributed by atoms with E-state index in [9.17, 15) is 19.7 Å². The molecule has 1 amide bonds. The number of nitrogens with one attached hydrogen (secondary N) is 1. The molecule has 0 radical (unpaired) electrons. The van der Waals surface area contributed by atoms with Gasteiger partial charge in [0.2, 0.25) is 5.91 Å². The maximum Gasteiger partial charge on any atom is 0.311 e. The molecule has 0 spiro atoms. The summed E-state index contributed by atoms with van der Waals surface area (Å²) in [4.78, 5) is 39.2. The summed E-state index contributed by atoms with van der Waals surface area (Å²) in [6.45, 7) is 1.41. The van der Waals surface area contributed by atoms with Gasteiger partial charge in [-0.15, -0.1) is 0 Å². The summed E-state index contributed by atoms with van der Waals surface area (Å²) in [6, 6.07) is 9.70. The second-order valence-corrected chi connectivity index (χ2v) is 5.82. The van der Waals surface area contributed by atoms with Crippen molar-refractivity contribution >= 4 is 28.3 Å². The molecule has 9 heteroatoms. The lowest BCUT2D eigenvalue weighted by atomic mass is 10.1. The molecule has 0 saturated carbocycles. The first kappa shape index (κ1) is 18.1. The number of rotatable bonds is 5. The van der Waals surface area contributed by atoms with Crippen LogP contribution < -0.4 is 15.6 Å². The van der Waals surface area contributed by atoms with Crippen LogP contribution in [-0.2, 0) is 11.3 Å². The minimum Gasteiger partial charge on any atom is -0.490 e. The average molecular weight is 368 g/mol. The molecular formula is C18H16N4O5. The number of fused-ring (bicyclic) bond motifs is 1. The van der Waals surface area contributed by atoms with E-state index in [1.807, 2.05) is 0 Å². The van der Waals surface area contributed by atoms with Gasteiger partial charge in [0.15, 0.2) is 5.75 Å². The van der Waals surface area contributed by atoms with Crippen LogP contribution in [0.25, 0.3) is 11.0 Å². The SMILES string of the molecule is COc1cc(NC(=O)Cn2c(=O)cnc3ccccc32)c(C)cc1[N+](=O)[O-]. The molecule has 0 aliphatic rings. The number of hydrogen-bond donors (Lipinski definition) is 1. The van der Waals surface area contributed by atoms with Crippen LogP contribution in [0.5, 0.6) is 5.75 Å². The molecule has 1 N–H and O–H groups in total. The molecule has 0 unspecified atom stereocenters. The summed E-state index contributed by atoms with van der Waals surface area (Å²) in [5, 5.41) is 13.7. The second-order valence-electron chi connectivity index (χ2n) is 5.82. The Bertz CT molecular complexity index is 1110. The predicted molar refractivity (Wildman–Crippen MR) is 99.0 cm³/mol. The van der Waals surface area contributed by atoms with Crippen molar-refractivity contribution in [1.29, 1.82) is 0 Å². The zero-order chi connectivity index (χ0) is 19.6. The van der Waals surface area contributed by atoms with Crippen molar-refractivity contribution in [2.24, 2.45) is 0 Å². The van der Waals surface area contributed by atoms with Gasteiger partial charge in [-0.3, -0.25) is 24.3 Å². The number of aryl methyl sites for hydroxylation is 1. The summed E-state index contributed by atoms with van der Waals surface area (Å²) in [5.74, 6) is -0.417. The predicted octanol–water partition coefficient (Wildman–Crippen LogP) is 2.26. The first-order valence-corrected chi connectivity index (χ1v) is 7.98. The maximum atomic E-state index is 12.5.